The number of aromatic nitrogens is 3. The van der Waals surface area contributed by atoms with Gasteiger partial charge in [-0.15, -0.1) is 10.2 Å². The maximum absolute atomic E-state index is 12.9. The molecule has 2 aromatic heterocycles. The van der Waals surface area contributed by atoms with Crippen molar-refractivity contribution in [3.05, 3.63) is 28.9 Å². The van der Waals surface area contributed by atoms with Crippen LogP contribution in [0, 0.1) is 0 Å². The van der Waals surface area contributed by atoms with Crippen LogP contribution in [-0.4, -0.2) is 69.6 Å². The van der Waals surface area contributed by atoms with Crippen molar-refractivity contribution in [3.8, 4) is 0 Å². The number of nitrogens with zero attached hydrogens (tertiary/aromatic N) is 5. The number of aryl methyl sites for hydroxylation is 1. The molecule has 1 atom stereocenters. The topological polar surface area (TPSA) is 101 Å². The van der Waals surface area contributed by atoms with Crippen LogP contribution in [0.5, 0.6) is 0 Å². The summed E-state index contributed by atoms with van der Waals surface area (Å²) in [6.45, 7) is 4.26. The zero-order valence-electron chi connectivity index (χ0n) is 17.7. The van der Waals surface area contributed by atoms with Crippen molar-refractivity contribution in [1.82, 2.24) is 25.0 Å². The van der Waals surface area contributed by atoms with Crippen LogP contribution in [0.3, 0.4) is 0 Å². The average molecular weight is 445 g/mol. The summed E-state index contributed by atoms with van der Waals surface area (Å²) in [5.74, 6) is 0.719. The van der Waals surface area contributed by atoms with Crippen LogP contribution < -0.4 is 5.32 Å². The molecule has 2 aliphatic rings. The minimum Gasteiger partial charge on any atom is -0.368 e. The molecule has 2 aliphatic heterocycles. The van der Waals surface area contributed by atoms with Gasteiger partial charge < -0.3 is 19.9 Å². The fourth-order valence-corrected chi connectivity index (χ4v) is 4.47. The molecule has 0 radical (unpaired) electrons. The van der Waals surface area contributed by atoms with Gasteiger partial charge in [0.2, 0.25) is 16.9 Å². The number of morpholine rings is 1. The third kappa shape index (κ3) is 5.56. The van der Waals surface area contributed by atoms with Crippen LogP contribution in [-0.2, 0) is 20.7 Å². The van der Waals surface area contributed by atoms with Crippen molar-refractivity contribution in [3.63, 3.8) is 0 Å². The summed E-state index contributed by atoms with van der Waals surface area (Å²) < 4.78 is 5.91. The first-order valence-electron chi connectivity index (χ1n) is 10.9. The zero-order chi connectivity index (χ0) is 21.6. The Kier molecular flexibility index (Phi) is 7.08. The van der Waals surface area contributed by atoms with Crippen LogP contribution in [0.4, 0.5) is 10.9 Å². The number of carbonyl (C=O) groups is 2. The zero-order valence-corrected chi connectivity index (χ0v) is 18.6. The summed E-state index contributed by atoms with van der Waals surface area (Å²) in [6, 6.07) is 5.68. The molecule has 2 amide bonds. The van der Waals surface area contributed by atoms with E-state index in [9.17, 15) is 9.59 Å². The minimum absolute atomic E-state index is 0.0289. The normalized spacial score (nSPS) is 19.9. The third-order valence-electron chi connectivity index (χ3n) is 5.52. The van der Waals surface area contributed by atoms with Gasteiger partial charge in [-0.2, -0.15) is 0 Å². The Morgan fingerprint density at radius 3 is 3.00 bits per heavy atom. The lowest BCUT2D eigenvalue weighted by Crippen LogP contribution is -2.47. The highest BCUT2D eigenvalue weighted by atomic mass is 32.1. The maximum atomic E-state index is 12.9. The highest BCUT2D eigenvalue weighted by molar-refractivity contribution is 7.15. The molecule has 0 spiro atoms. The monoisotopic (exact) mass is 444 g/mol. The van der Waals surface area contributed by atoms with Gasteiger partial charge >= 0.3 is 0 Å². The SMILES string of the molecule is CCc1nnc(Nc2cccc(C3CN(C(=O)CN4CCCCCC4=O)CCO3)n2)s1. The fraction of sp³-hybridized carbons (Fsp3) is 0.571. The second kappa shape index (κ2) is 10.1. The first kappa shape index (κ1) is 21.6. The van der Waals surface area contributed by atoms with E-state index in [1.165, 1.54) is 11.3 Å². The first-order chi connectivity index (χ1) is 15.1. The highest BCUT2D eigenvalue weighted by Crippen LogP contribution is 2.25. The molecule has 166 valence electrons. The van der Waals surface area contributed by atoms with Gasteiger partial charge in [-0.3, -0.25) is 9.59 Å². The molecule has 0 aromatic carbocycles. The summed E-state index contributed by atoms with van der Waals surface area (Å²) in [5.41, 5.74) is 0.758. The van der Waals surface area contributed by atoms with E-state index in [0.717, 1.165) is 36.4 Å². The Hall–Kier alpha value is -2.59. The Balaban J connectivity index is 1.38. The van der Waals surface area contributed by atoms with E-state index >= 15 is 0 Å². The summed E-state index contributed by atoms with van der Waals surface area (Å²) in [6.07, 6.45) is 3.99. The van der Waals surface area contributed by atoms with E-state index in [4.69, 9.17) is 4.74 Å². The lowest BCUT2D eigenvalue weighted by molar-refractivity contribution is -0.145. The Bertz CT molecular complexity index is 920. The summed E-state index contributed by atoms with van der Waals surface area (Å²) in [7, 11) is 0. The van der Waals surface area contributed by atoms with Crippen LogP contribution in [0.15, 0.2) is 18.2 Å². The number of carbonyl (C=O) groups excluding carboxylic acids is 2. The van der Waals surface area contributed by atoms with Gasteiger partial charge in [-0.05, 0) is 31.4 Å². The Labute approximate surface area is 185 Å². The minimum atomic E-state index is -0.306. The van der Waals surface area contributed by atoms with E-state index < -0.39 is 0 Å². The second-order valence-corrected chi connectivity index (χ2v) is 8.81. The molecule has 2 aromatic rings. The Morgan fingerprint density at radius 2 is 2.16 bits per heavy atom. The number of amides is 2. The second-order valence-electron chi connectivity index (χ2n) is 7.75. The number of anilines is 2. The number of pyridine rings is 1. The van der Waals surface area contributed by atoms with Crippen molar-refractivity contribution in [1.29, 1.82) is 0 Å². The van der Waals surface area contributed by atoms with Crippen LogP contribution >= 0.6 is 11.3 Å². The smallest absolute Gasteiger partial charge is 0.242 e. The van der Waals surface area contributed by atoms with Crippen molar-refractivity contribution in [2.75, 3.05) is 38.1 Å². The van der Waals surface area contributed by atoms with Gasteiger partial charge in [0, 0.05) is 19.5 Å². The number of likely N-dealkylation sites (tertiary alicyclic amines) is 1. The number of ether oxygens (including phenoxy) is 1. The maximum Gasteiger partial charge on any atom is 0.242 e. The van der Waals surface area contributed by atoms with E-state index in [1.807, 2.05) is 25.1 Å². The molecule has 4 rings (SSSR count). The van der Waals surface area contributed by atoms with Crippen molar-refractivity contribution in [2.24, 2.45) is 0 Å². The molecule has 10 heteroatoms. The van der Waals surface area contributed by atoms with Crippen LogP contribution in [0.1, 0.15) is 49.4 Å². The number of hydrogen-bond donors (Lipinski definition) is 1. The van der Waals surface area contributed by atoms with Gasteiger partial charge in [0.1, 0.15) is 16.9 Å². The van der Waals surface area contributed by atoms with Crippen LogP contribution in [0.2, 0.25) is 0 Å². The number of nitrogens with one attached hydrogen (secondary N) is 1. The molecule has 0 bridgehead atoms. The van der Waals surface area contributed by atoms with Gasteiger partial charge in [0.25, 0.3) is 0 Å². The molecule has 9 nitrogen and oxygen atoms in total. The lowest BCUT2D eigenvalue weighted by atomic mass is 10.2. The molecule has 2 saturated heterocycles. The molecule has 31 heavy (non-hydrogen) atoms. The molecule has 1 unspecified atom stereocenters. The fourth-order valence-electron chi connectivity index (χ4n) is 3.78. The lowest BCUT2D eigenvalue weighted by Gasteiger charge is -2.34. The van der Waals surface area contributed by atoms with E-state index in [0.29, 0.717) is 43.6 Å². The molecule has 0 saturated carbocycles. The molecule has 1 N–H and O–H groups in total. The van der Waals surface area contributed by atoms with Gasteiger partial charge in [0.05, 0.1) is 25.4 Å². The van der Waals surface area contributed by atoms with Crippen molar-refractivity contribution < 1.29 is 14.3 Å². The highest BCUT2D eigenvalue weighted by Gasteiger charge is 2.28. The molecular weight excluding hydrogens is 416 g/mol. The Morgan fingerprint density at radius 1 is 1.26 bits per heavy atom. The third-order valence-corrected chi connectivity index (χ3v) is 6.50. The predicted molar refractivity (Wildman–Crippen MR) is 117 cm³/mol. The number of rotatable bonds is 6. The van der Waals surface area contributed by atoms with E-state index in [-0.39, 0.29) is 24.5 Å². The summed E-state index contributed by atoms with van der Waals surface area (Å²) >= 11 is 1.50. The number of hydrogen-bond acceptors (Lipinski definition) is 8. The van der Waals surface area contributed by atoms with Crippen molar-refractivity contribution >= 4 is 34.1 Å². The van der Waals surface area contributed by atoms with E-state index in [1.54, 1.807) is 9.80 Å². The van der Waals surface area contributed by atoms with Gasteiger partial charge in [-0.25, -0.2) is 4.98 Å². The van der Waals surface area contributed by atoms with Gasteiger partial charge in [0.15, 0.2) is 0 Å². The summed E-state index contributed by atoms with van der Waals surface area (Å²) in [4.78, 5) is 33.2. The standard InChI is InChI=1S/C21H28N6O3S/c1-2-18-24-25-21(31-18)23-17-8-6-7-15(22-17)16-13-27(11-12-30-16)20(29)14-26-10-5-3-4-9-19(26)28/h6-8,16H,2-5,9-14H2,1H3,(H,22,23,25). The summed E-state index contributed by atoms with van der Waals surface area (Å²) in [5, 5.41) is 13.1. The van der Waals surface area contributed by atoms with Crippen LogP contribution in [0.25, 0.3) is 0 Å². The quantitative estimate of drug-likeness (QED) is 0.731. The van der Waals surface area contributed by atoms with Gasteiger partial charge in [-0.1, -0.05) is 30.7 Å². The predicted octanol–water partition coefficient (Wildman–Crippen LogP) is 2.54. The largest absolute Gasteiger partial charge is 0.368 e. The molecule has 0 aliphatic carbocycles. The first-order valence-corrected chi connectivity index (χ1v) is 11.7. The average Bonchev–Trinajstić information content (AvgIpc) is 3.16. The molecule has 2 fully saturated rings. The van der Waals surface area contributed by atoms with E-state index in [2.05, 4.69) is 20.5 Å². The molecular formula is C21H28N6O3S. The molecule has 4 heterocycles. The van der Waals surface area contributed by atoms with Crippen molar-refractivity contribution in [2.45, 2.75) is 45.1 Å².